The Morgan fingerprint density at radius 3 is 2.36 bits per heavy atom. The Bertz CT molecular complexity index is 700. The summed E-state index contributed by atoms with van der Waals surface area (Å²) in [7, 11) is 0. The first-order valence-corrected chi connectivity index (χ1v) is 8.15. The van der Waals surface area contributed by atoms with Crippen LogP contribution in [0, 0.1) is 5.82 Å². The first-order valence-electron chi connectivity index (χ1n) is 8.15. The monoisotopic (exact) mass is 344 g/mol. The fraction of sp³-hybridized carbons (Fsp3) is 0.263. The Hall–Kier alpha value is -2.89. The zero-order valence-corrected chi connectivity index (χ0v) is 14.0. The van der Waals surface area contributed by atoms with Gasteiger partial charge in [-0.2, -0.15) is 0 Å². The summed E-state index contributed by atoms with van der Waals surface area (Å²) in [6.07, 6.45) is 2.03. The standard InChI is InChI=1S/C19H21FN2O3/c1-2-3-12-25-17-10-4-14(5-11-17)19(24)21-13-18(23)22-16-8-6-15(20)7-9-16/h4-11H,2-3,12-13H2,1H3,(H,21,24)(H,22,23). The number of anilines is 1. The summed E-state index contributed by atoms with van der Waals surface area (Å²) in [4.78, 5) is 23.8. The largest absolute Gasteiger partial charge is 0.494 e. The summed E-state index contributed by atoms with van der Waals surface area (Å²) in [6.45, 7) is 2.56. The lowest BCUT2D eigenvalue weighted by molar-refractivity contribution is -0.115. The van der Waals surface area contributed by atoms with Gasteiger partial charge < -0.3 is 15.4 Å². The molecule has 6 heteroatoms. The molecule has 25 heavy (non-hydrogen) atoms. The van der Waals surface area contributed by atoms with Crippen molar-refractivity contribution in [2.45, 2.75) is 19.8 Å². The third kappa shape index (κ3) is 6.25. The molecule has 0 saturated heterocycles. The quantitative estimate of drug-likeness (QED) is 0.722. The number of benzene rings is 2. The van der Waals surface area contributed by atoms with E-state index >= 15 is 0 Å². The highest BCUT2D eigenvalue weighted by molar-refractivity contribution is 5.99. The van der Waals surface area contributed by atoms with Crippen LogP contribution >= 0.6 is 0 Å². The lowest BCUT2D eigenvalue weighted by Gasteiger charge is -2.08. The highest BCUT2D eigenvalue weighted by Gasteiger charge is 2.08. The second kappa shape index (κ2) is 9.42. The van der Waals surface area contributed by atoms with Crippen molar-refractivity contribution < 1.29 is 18.7 Å². The second-order valence-corrected chi connectivity index (χ2v) is 5.46. The van der Waals surface area contributed by atoms with Crippen LogP contribution in [0.25, 0.3) is 0 Å². The van der Waals surface area contributed by atoms with Crippen molar-refractivity contribution in [1.82, 2.24) is 5.32 Å². The van der Waals surface area contributed by atoms with E-state index in [0.29, 0.717) is 23.6 Å². The molecule has 0 heterocycles. The van der Waals surface area contributed by atoms with Crippen LogP contribution in [-0.4, -0.2) is 25.0 Å². The smallest absolute Gasteiger partial charge is 0.251 e. The van der Waals surface area contributed by atoms with Crippen LogP contribution in [-0.2, 0) is 4.79 Å². The molecule has 0 aromatic heterocycles. The normalized spacial score (nSPS) is 10.2. The molecule has 0 fully saturated rings. The van der Waals surface area contributed by atoms with Gasteiger partial charge in [-0.1, -0.05) is 13.3 Å². The van der Waals surface area contributed by atoms with Crippen molar-refractivity contribution in [3.63, 3.8) is 0 Å². The SMILES string of the molecule is CCCCOc1ccc(C(=O)NCC(=O)Nc2ccc(F)cc2)cc1. The fourth-order valence-electron chi connectivity index (χ4n) is 2.04. The van der Waals surface area contributed by atoms with Crippen molar-refractivity contribution >= 4 is 17.5 Å². The predicted molar refractivity (Wildman–Crippen MR) is 94.2 cm³/mol. The van der Waals surface area contributed by atoms with Crippen LogP contribution in [0.3, 0.4) is 0 Å². The van der Waals surface area contributed by atoms with E-state index in [2.05, 4.69) is 17.6 Å². The maximum absolute atomic E-state index is 12.8. The van der Waals surface area contributed by atoms with Gasteiger partial charge in [0.1, 0.15) is 11.6 Å². The van der Waals surface area contributed by atoms with Gasteiger partial charge >= 0.3 is 0 Å². The molecule has 0 spiro atoms. The van der Waals surface area contributed by atoms with E-state index in [1.54, 1.807) is 24.3 Å². The van der Waals surface area contributed by atoms with E-state index < -0.39 is 0 Å². The zero-order chi connectivity index (χ0) is 18.1. The van der Waals surface area contributed by atoms with Gasteiger partial charge in [0.25, 0.3) is 5.91 Å². The average Bonchev–Trinajstić information content (AvgIpc) is 2.62. The van der Waals surface area contributed by atoms with Gasteiger partial charge in [0.15, 0.2) is 0 Å². The van der Waals surface area contributed by atoms with Crippen LogP contribution in [0.2, 0.25) is 0 Å². The van der Waals surface area contributed by atoms with E-state index in [9.17, 15) is 14.0 Å². The van der Waals surface area contributed by atoms with Crippen molar-refractivity contribution in [3.8, 4) is 5.75 Å². The summed E-state index contributed by atoms with van der Waals surface area (Å²) in [6, 6.07) is 12.1. The van der Waals surface area contributed by atoms with Crippen molar-refractivity contribution in [2.24, 2.45) is 0 Å². The van der Waals surface area contributed by atoms with Gasteiger partial charge in [0, 0.05) is 11.3 Å². The third-order valence-electron chi connectivity index (χ3n) is 3.42. The van der Waals surface area contributed by atoms with Gasteiger partial charge in [-0.3, -0.25) is 9.59 Å². The molecule has 2 aromatic carbocycles. The highest BCUT2D eigenvalue weighted by atomic mass is 19.1. The van der Waals surface area contributed by atoms with Crippen molar-refractivity contribution in [1.29, 1.82) is 0 Å². The highest BCUT2D eigenvalue weighted by Crippen LogP contribution is 2.13. The summed E-state index contributed by atoms with van der Waals surface area (Å²) >= 11 is 0. The van der Waals surface area contributed by atoms with E-state index in [4.69, 9.17) is 4.74 Å². The number of ether oxygens (including phenoxy) is 1. The number of hydrogen-bond donors (Lipinski definition) is 2. The molecule has 2 rings (SSSR count). The minimum atomic E-state index is -0.389. The molecular weight excluding hydrogens is 323 g/mol. The molecule has 0 aliphatic carbocycles. The van der Waals surface area contributed by atoms with E-state index in [0.717, 1.165) is 12.8 Å². The maximum atomic E-state index is 12.8. The number of carbonyl (C=O) groups is 2. The van der Waals surface area contributed by atoms with Gasteiger partial charge in [-0.05, 0) is 55.0 Å². The lowest BCUT2D eigenvalue weighted by Crippen LogP contribution is -2.32. The number of amides is 2. The summed E-state index contributed by atoms with van der Waals surface area (Å²) in [5.74, 6) is -0.415. The van der Waals surface area contributed by atoms with Crippen molar-refractivity contribution in [3.05, 3.63) is 59.9 Å². The topological polar surface area (TPSA) is 67.4 Å². The average molecular weight is 344 g/mol. The molecule has 0 unspecified atom stereocenters. The minimum Gasteiger partial charge on any atom is -0.494 e. The zero-order valence-electron chi connectivity index (χ0n) is 14.0. The summed E-state index contributed by atoms with van der Waals surface area (Å²) < 4.78 is 18.3. The number of carbonyl (C=O) groups excluding carboxylic acids is 2. The van der Waals surface area contributed by atoms with Gasteiger partial charge in [0.2, 0.25) is 5.91 Å². The summed E-state index contributed by atoms with van der Waals surface area (Å²) in [5.41, 5.74) is 0.909. The first kappa shape index (κ1) is 18.4. The predicted octanol–water partition coefficient (Wildman–Crippen LogP) is 3.37. The molecule has 0 bridgehead atoms. The molecule has 0 aliphatic heterocycles. The second-order valence-electron chi connectivity index (χ2n) is 5.46. The van der Waals surface area contributed by atoms with Crippen LogP contribution in [0.15, 0.2) is 48.5 Å². The molecule has 0 atom stereocenters. The maximum Gasteiger partial charge on any atom is 0.251 e. The van der Waals surface area contributed by atoms with Crippen molar-refractivity contribution in [2.75, 3.05) is 18.5 Å². The Labute approximate surface area is 146 Å². The van der Waals surface area contributed by atoms with E-state index in [1.165, 1.54) is 24.3 Å². The van der Waals surface area contributed by atoms with Gasteiger partial charge in [0.05, 0.1) is 13.2 Å². The van der Waals surface area contributed by atoms with Crippen LogP contribution in [0.4, 0.5) is 10.1 Å². The molecule has 2 aromatic rings. The molecule has 2 amide bonds. The van der Waals surface area contributed by atoms with Crippen LogP contribution < -0.4 is 15.4 Å². The molecule has 0 radical (unpaired) electrons. The molecule has 0 aliphatic rings. The Balaban J connectivity index is 1.79. The Morgan fingerprint density at radius 1 is 1.04 bits per heavy atom. The number of rotatable bonds is 8. The third-order valence-corrected chi connectivity index (χ3v) is 3.42. The van der Waals surface area contributed by atoms with Gasteiger partial charge in [-0.15, -0.1) is 0 Å². The molecular formula is C19H21FN2O3. The molecule has 2 N–H and O–H groups in total. The number of unbranched alkanes of at least 4 members (excludes halogenated alkanes) is 1. The number of hydrogen-bond acceptors (Lipinski definition) is 3. The first-order chi connectivity index (χ1) is 12.1. The minimum absolute atomic E-state index is 0.176. The molecule has 0 saturated carbocycles. The fourth-order valence-corrected chi connectivity index (χ4v) is 2.04. The lowest BCUT2D eigenvalue weighted by atomic mass is 10.2. The number of halogens is 1. The Morgan fingerprint density at radius 2 is 1.72 bits per heavy atom. The van der Waals surface area contributed by atoms with Crippen LogP contribution in [0.5, 0.6) is 5.75 Å². The van der Waals surface area contributed by atoms with Crippen LogP contribution in [0.1, 0.15) is 30.1 Å². The summed E-state index contributed by atoms with van der Waals surface area (Å²) in [5, 5.41) is 5.11. The number of nitrogens with one attached hydrogen (secondary N) is 2. The van der Waals surface area contributed by atoms with E-state index in [1.807, 2.05) is 0 Å². The Kier molecular flexibility index (Phi) is 6.95. The molecule has 5 nitrogen and oxygen atoms in total. The van der Waals surface area contributed by atoms with Gasteiger partial charge in [-0.25, -0.2) is 4.39 Å². The molecule has 132 valence electrons. The van der Waals surface area contributed by atoms with E-state index in [-0.39, 0.29) is 24.2 Å².